The highest BCUT2D eigenvalue weighted by Crippen LogP contribution is 2.02. The first-order valence-corrected chi connectivity index (χ1v) is 4.42. The van der Waals surface area contributed by atoms with E-state index in [9.17, 15) is 0 Å². The normalized spacial score (nSPS) is 9.31. The minimum absolute atomic E-state index is 0.576. The molecule has 2 nitrogen and oxygen atoms in total. The molecule has 13 heavy (non-hydrogen) atoms. The highest BCUT2D eigenvalue weighted by atomic mass is 16.5. The Labute approximate surface area is 79.2 Å². The van der Waals surface area contributed by atoms with E-state index in [-0.39, 0.29) is 0 Å². The molecule has 1 aromatic carbocycles. The van der Waals surface area contributed by atoms with Gasteiger partial charge in [-0.05, 0) is 19.1 Å². The average molecular weight is 177 g/mol. The quantitative estimate of drug-likeness (QED) is 0.697. The Hall–Kier alpha value is -1.44. The molecule has 0 bridgehead atoms. The van der Waals surface area contributed by atoms with Crippen molar-refractivity contribution in [1.29, 1.82) is 0 Å². The van der Waals surface area contributed by atoms with E-state index >= 15 is 0 Å². The van der Waals surface area contributed by atoms with E-state index in [0.29, 0.717) is 12.5 Å². The Morgan fingerprint density at radius 3 is 2.69 bits per heavy atom. The lowest BCUT2D eigenvalue weighted by molar-refractivity contribution is 0.180. The third-order valence-corrected chi connectivity index (χ3v) is 1.63. The van der Waals surface area contributed by atoms with Gasteiger partial charge in [0.15, 0.2) is 5.88 Å². The summed E-state index contributed by atoms with van der Waals surface area (Å²) >= 11 is 0. The molecule has 0 amide bonds. The summed E-state index contributed by atoms with van der Waals surface area (Å²) in [6.45, 7) is 7.15. The number of hydrogen-bond donors (Lipinski definition) is 1. The molecule has 2 heteroatoms. The van der Waals surface area contributed by atoms with Crippen LogP contribution in [-0.4, -0.2) is 6.54 Å². The molecule has 1 N–H and O–H groups in total. The van der Waals surface area contributed by atoms with Gasteiger partial charge < -0.3 is 10.1 Å². The van der Waals surface area contributed by atoms with E-state index in [0.717, 1.165) is 12.1 Å². The van der Waals surface area contributed by atoms with E-state index in [2.05, 4.69) is 11.9 Å². The summed E-state index contributed by atoms with van der Waals surface area (Å²) in [5.74, 6) is 0.631. The second kappa shape index (κ2) is 5.25. The van der Waals surface area contributed by atoms with E-state index in [1.807, 2.05) is 37.3 Å². The van der Waals surface area contributed by atoms with Crippen molar-refractivity contribution in [3.63, 3.8) is 0 Å². The van der Waals surface area contributed by atoms with Gasteiger partial charge >= 0.3 is 0 Å². The number of rotatable bonds is 5. The van der Waals surface area contributed by atoms with Crippen molar-refractivity contribution < 1.29 is 4.74 Å². The van der Waals surface area contributed by atoms with Crippen LogP contribution in [0.5, 0.6) is 0 Å². The standard InChI is InChI=1S/C11H15NO/c1-3-12-10(2)13-9-11-7-5-4-6-8-11/h4-8,12H,2-3,9H2,1H3. The largest absolute Gasteiger partial charge is 0.475 e. The van der Waals surface area contributed by atoms with E-state index < -0.39 is 0 Å². The predicted octanol–water partition coefficient (Wildman–Crippen LogP) is 2.28. The summed E-state index contributed by atoms with van der Waals surface area (Å²) in [6, 6.07) is 10.0. The van der Waals surface area contributed by atoms with Gasteiger partial charge in [0.05, 0.1) is 0 Å². The lowest BCUT2D eigenvalue weighted by Crippen LogP contribution is -2.13. The molecular weight excluding hydrogens is 162 g/mol. The van der Waals surface area contributed by atoms with E-state index in [1.54, 1.807) is 0 Å². The maximum atomic E-state index is 5.36. The fourth-order valence-electron chi connectivity index (χ4n) is 0.993. The van der Waals surface area contributed by atoms with Crippen LogP contribution >= 0.6 is 0 Å². The second-order valence-corrected chi connectivity index (χ2v) is 2.73. The summed E-state index contributed by atoms with van der Waals surface area (Å²) in [5.41, 5.74) is 1.15. The van der Waals surface area contributed by atoms with Gasteiger partial charge in [0.25, 0.3) is 0 Å². The van der Waals surface area contributed by atoms with Crippen molar-refractivity contribution in [3.05, 3.63) is 48.4 Å². The van der Waals surface area contributed by atoms with Gasteiger partial charge in [-0.1, -0.05) is 30.3 Å². The summed E-state index contributed by atoms with van der Waals surface area (Å²) < 4.78 is 5.36. The second-order valence-electron chi connectivity index (χ2n) is 2.73. The lowest BCUT2D eigenvalue weighted by Gasteiger charge is -2.09. The summed E-state index contributed by atoms with van der Waals surface area (Å²) in [5, 5.41) is 3.00. The molecule has 1 rings (SSSR count). The van der Waals surface area contributed by atoms with Crippen molar-refractivity contribution in [2.75, 3.05) is 6.54 Å². The Kier molecular flexibility index (Phi) is 3.89. The Morgan fingerprint density at radius 2 is 2.08 bits per heavy atom. The predicted molar refractivity (Wildman–Crippen MR) is 54.0 cm³/mol. The third-order valence-electron chi connectivity index (χ3n) is 1.63. The van der Waals surface area contributed by atoms with Crippen LogP contribution in [0, 0.1) is 0 Å². The molecule has 0 aliphatic carbocycles. The zero-order chi connectivity index (χ0) is 9.52. The van der Waals surface area contributed by atoms with Gasteiger partial charge in [-0.25, -0.2) is 0 Å². The molecule has 70 valence electrons. The molecule has 0 aliphatic rings. The Balaban J connectivity index is 2.31. The molecule has 0 radical (unpaired) electrons. The molecule has 1 aromatic rings. The molecule has 0 aromatic heterocycles. The molecule has 0 spiro atoms. The number of ether oxygens (including phenoxy) is 1. The molecule has 0 atom stereocenters. The minimum atomic E-state index is 0.576. The monoisotopic (exact) mass is 177 g/mol. The third kappa shape index (κ3) is 3.65. The summed E-state index contributed by atoms with van der Waals surface area (Å²) in [7, 11) is 0. The highest BCUT2D eigenvalue weighted by Gasteiger charge is 1.93. The van der Waals surface area contributed by atoms with Gasteiger partial charge in [-0.3, -0.25) is 0 Å². The zero-order valence-corrected chi connectivity index (χ0v) is 7.92. The fourth-order valence-corrected chi connectivity index (χ4v) is 0.993. The first-order chi connectivity index (χ1) is 6.33. The number of nitrogens with one attached hydrogen (secondary N) is 1. The number of benzene rings is 1. The van der Waals surface area contributed by atoms with Crippen molar-refractivity contribution >= 4 is 0 Å². The maximum absolute atomic E-state index is 5.36. The SMILES string of the molecule is C=C(NCC)OCc1ccccc1. The van der Waals surface area contributed by atoms with Crippen molar-refractivity contribution in [2.45, 2.75) is 13.5 Å². The van der Waals surface area contributed by atoms with Crippen LogP contribution in [-0.2, 0) is 11.3 Å². The van der Waals surface area contributed by atoms with Crippen LogP contribution in [0.25, 0.3) is 0 Å². The molecule has 0 saturated carbocycles. The smallest absolute Gasteiger partial charge is 0.179 e. The highest BCUT2D eigenvalue weighted by molar-refractivity contribution is 5.13. The van der Waals surface area contributed by atoms with Gasteiger partial charge in [-0.15, -0.1) is 0 Å². The molecule has 0 fully saturated rings. The van der Waals surface area contributed by atoms with Crippen LogP contribution in [0.1, 0.15) is 12.5 Å². The molecule has 0 heterocycles. The van der Waals surface area contributed by atoms with Crippen LogP contribution in [0.2, 0.25) is 0 Å². The van der Waals surface area contributed by atoms with Crippen molar-refractivity contribution in [1.82, 2.24) is 5.32 Å². The van der Waals surface area contributed by atoms with Crippen molar-refractivity contribution in [3.8, 4) is 0 Å². The van der Waals surface area contributed by atoms with Crippen LogP contribution in [0.4, 0.5) is 0 Å². The van der Waals surface area contributed by atoms with Crippen LogP contribution in [0.3, 0.4) is 0 Å². The fraction of sp³-hybridized carbons (Fsp3) is 0.273. The Bertz CT molecular complexity index is 256. The van der Waals surface area contributed by atoms with Gasteiger partial charge in [0.2, 0.25) is 0 Å². The first kappa shape index (κ1) is 9.65. The Morgan fingerprint density at radius 1 is 1.38 bits per heavy atom. The average Bonchev–Trinajstić information content (AvgIpc) is 2.17. The number of hydrogen-bond acceptors (Lipinski definition) is 2. The molecule has 0 saturated heterocycles. The zero-order valence-electron chi connectivity index (χ0n) is 7.92. The van der Waals surface area contributed by atoms with Gasteiger partial charge in [0.1, 0.15) is 6.61 Å². The molecule has 0 unspecified atom stereocenters. The maximum Gasteiger partial charge on any atom is 0.179 e. The van der Waals surface area contributed by atoms with E-state index in [1.165, 1.54) is 0 Å². The minimum Gasteiger partial charge on any atom is -0.475 e. The van der Waals surface area contributed by atoms with Gasteiger partial charge in [0, 0.05) is 6.54 Å². The van der Waals surface area contributed by atoms with Crippen molar-refractivity contribution in [2.24, 2.45) is 0 Å². The van der Waals surface area contributed by atoms with Crippen LogP contribution < -0.4 is 5.32 Å². The topological polar surface area (TPSA) is 21.3 Å². The van der Waals surface area contributed by atoms with E-state index in [4.69, 9.17) is 4.74 Å². The van der Waals surface area contributed by atoms with Gasteiger partial charge in [-0.2, -0.15) is 0 Å². The first-order valence-electron chi connectivity index (χ1n) is 4.42. The lowest BCUT2D eigenvalue weighted by atomic mass is 10.2. The van der Waals surface area contributed by atoms with Crippen LogP contribution in [0.15, 0.2) is 42.8 Å². The molecule has 0 aliphatic heterocycles. The summed E-state index contributed by atoms with van der Waals surface area (Å²) in [6.07, 6.45) is 0. The summed E-state index contributed by atoms with van der Waals surface area (Å²) in [4.78, 5) is 0. The molecular formula is C11H15NO.